The maximum Gasteiger partial charge on any atom is 0.341 e. The number of carbonyl (C=O) groups excluding carboxylic acids is 2. The number of fused-ring (bicyclic) bond motifs is 1. The summed E-state index contributed by atoms with van der Waals surface area (Å²) in [4.78, 5) is 40.4. The molecule has 0 saturated carbocycles. The minimum atomic E-state index is -0.414. The number of likely N-dealkylation sites (N-methyl/N-ethyl adjacent to an activating group) is 1. The van der Waals surface area contributed by atoms with Gasteiger partial charge in [0, 0.05) is 29.7 Å². The monoisotopic (exact) mass is 389 g/mol. The highest BCUT2D eigenvalue weighted by Gasteiger charge is 2.28. The number of esters is 1. The fraction of sp³-hybridized carbons (Fsp3) is 0.421. The van der Waals surface area contributed by atoms with Crippen LogP contribution >= 0.6 is 11.3 Å². The lowest BCUT2D eigenvalue weighted by Gasteiger charge is -2.22. The zero-order valence-electron chi connectivity index (χ0n) is 15.7. The smallest absolute Gasteiger partial charge is 0.341 e. The molecule has 0 bridgehead atoms. The molecule has 0 fully saturated rings. The lowest BCUT2D eigenvalue weighted by molar-refractivity contribution is -0.116. The van der Waals surface area contributed by atoms with Crippen LogP contribution in [0.15, 0.2) is 23.1 Å². The van der Waals surface area contributed by atoms with Crippen LogP contribution in [0, 0.1) is 6.92 Å². The molecule has 2 aromatic heterocycles. The molecule has 1 amide bonds. The van der Waals surface area contributed by atoms with Crippen molar-refractivity contribution in [3.63, 3.8) is 0 Å². The average molecular weight is 389 g/mol. The predicted octanol–water partition coefficient (Wildman–Crippen LogP) is 2.02. The summed E-state index contributed by atoms with van der Waals surface area (Å²) in [5, 5.41) is 3.32. The number of amides is 1. The van der Waals surface area contributed by atoms with Gasteiger partial charge in [-0.05, 0) is 38.9 Å². The Kier molecular flexibility index (Phi) is 5.76. The number of thiophene rings is 1. The van der Waals surface area contributed by atoms with Crippen LogP contribution in [0.5, 0.6) is 0 Å². The molecule has 0 aliphatic carbocycles. The van der Waals surface area contributed by atoms with Crippen molar-refractivity contribution in [2.45, 2.75) is 33.4 Å². The van der Waals surface area contributed by atoms with E-state index in [1.807, 2.05) is 7.05 Å². The zero-order valence-corrected chi connectivity index (χ0v) is 16.5. The van der Waals surface area contributed by atoms with Gasteiger partial charge in [-0.1, -0.05) is 6.07 Å². The van der Waals surface area contributed by atoms with Crippen molar-refractivity contribution in [3.8, 4) is 0 Å². The molecule has 3 heterocycles. The van der Waals surface area contributed by atoms with Crippen LogP contribution in [0.1, 0.15) is 33.3 Å². The van der Waals surface area contributed by atoms with Crippen LogP contribution in [0.2, 0.25) is 0 Å². The van der Waals surface area contributed by atoms with E-state index < -0.39 is 5.97 Å². The summed E-state index contributed by atoms with van der Waals surface area (Å²) >= 11 is 1.40. The van der Waals surface area contributed by atoms with Gasteiger partial charge in [-0.15, -0.1) is 11.3 Å². The first-order valence-corrected chi connectivity index (χ1v) is 9.68. The quantitative estimate of drug-likeness (QED) is 0.792. The molecule has 7 nitrogen and oxygen atoms in total. The van der Waals surface area contributed by atoms with Crippen molar-refractivity contribution < 1.29 is 14.3 Å². The first-order chi connectivity index (χ1) is 12.9. The largest absolute Gasteiger partial charge is 0.462 e. The van der Waals surface area contributed by atoms with Crippen molar-refractivity contribution in [3.05, 3.63) is 50.3 Å². The summed E-state index contributed by atoms with van der Waals surface area (Å²) in [6.45, 7) is 5.22. The Bertz CT molecular complexity index is 932. The van der Waals surface area contributed by atoms with E-state index in [2.05, 4.69) is 10.2 Å². The van der Waals surface area contributed by atoms with E-state index in [0.29, 0.717) is 16.1 Å². The molecule has 0 aromatic carbocycles. The number of anilines is 1. The standard InChI is InChI=1S/C19H23N3O4S/c1-4-26-19(25)16-13-7-9-21(3)10-14(13)27-17(16)20-15(23)11-22-8-5-6-12(2)18(22)24/h5-6,8H,4,7,9-11H2,1-3H3,(H,20,23). The Morgan fingerprint density at radius 2 is 2.15 bits per heavy atom. The third-order valence-electron chi connectivity index (χ3n) is 4.50. The van der Waals surface area contributed by atoms with E-state index in [0.717, 1.165) is 30.0 Å². The van der Waals surface area contributed by atoms with Crippen molar-refractivity contribution >= 4 is 28.2 Å². The summed E-state index contributed by atoms with van der Waals surface area (Å²) in [5.41, 5.74) is 1.78. The molecular formula is C19H23N3O4S. The molecule has 1 N–H and O–H groups in total. The summed E-state index contributed by atoms with van der Waals surface area (Å²) < 4.78 is 6.56. The van der Waals surface area contributed by atoms with E-state index in [9.17, 15) is 14.4 Å². The second-order valence-corrected chi connectivity index (χ2v) is 7.69. The van der Waals surface area contributed by atoms with Gasteiger partial charge < -0.3 is 19.5 Å². The molecule has 144 valence electrons. The normalized spacial score (nSPS) is 13.9. The summed E-state index contributed by atoms with van der Waals surface area (Å²) in [6.07, 6.45) is 2.32. The average Bonchev–Trinajstić information content (AvgIpc) is 2.95. The SMILES string of the molecule is CCOC(=O)c1c(NC(=O)Cn2cccc(C)c2=O)sc2c1CCN(C)C2. The number of aromatic nitrogens is 1. The molecule has 3 rings (SSSR count). The minimum absolute atomic E-state index is 0.106. The summed E-state index contributed by atoms with van der Waals surface area (Å²) in [7, 11) is 2.02. The second kappa shape index (κ2) is 8.06. The van der Waals surface area contributed by atoms with Crippen molar-refractivity contribution in [2.24, 2.45) is 0 Å². The molecule has 0 saturated heterocycles. The lowest BCUT2D eigenvalue weighted by Crippen LogP contribution is -2.28. The van der Waals surface area contributed by atoms with Gasteiger partial charge in [0.2, 0.25) is 5.91 Å². The minimum Gasteiger partial charge on any atom is -0.462 e. The van der Waals surface area contributed by atoms with Gasteiger partial charge in [0.05, 0.1) is 12.2 Å². The van der Waals surface area contributed by atoms with Crippen LogP contribution < -0.4 is 10.9 Å². The summed E-state index contributed by atoms with van der Waals surface area (Å²) in [6, 6.07) is 3.44. The van der Waals surface area contributed by atoms with Crippen molar-refractivity contribution in [1.82, 2.24) is 9.47 Å². The number of nitrogens with zero attached hydrogens (tertiary/aromatic N) is 2. The van der Waals surface area contributed by atoms with Gasteiger partial charge >= 0.3 is 5.97 Å². The number of nitrogens with one attached hydrogen (secondary N) is 1. The van der Waals surface area contributed by atoms with E-state index in [-0.39, 0.29) is 24.6 Å². The van der Waals surface area contributed by atoms with Gasteiger partial charge in [-0.25, -0.2) is 4.79 Å². The first kappa shape index (κ1) is 19.3. The third-order valence-corrected chi connectivity index (χ3v) is 5.64. The Balaban J connectivity index is 1.87. The number of ether oxygens (including phenoxy) is 1. The van der Waals surface area contributed by atoms with Gasteiger partial charge in [0.1, 0.15) is 11.5 Å². The zero-order chi connectivity index (χ0) is 19.6. The molecule has 1 aliphatic heterocycles. The third kappa shape index (κ3) is 4.12. The fourth-order valence-corrected chi connectivity index (χ4v) is 4.47. The molecule has 1 aliphatic rings. The molecule has 0 unspecified atom stereocenters. The maximum absolute atomic E-state index is 12.5. The van der Waals surface area contributed by atoms with Crippen LogP contribution in [0.25, 0.3) is 0 Å². The number of hydrogen-bond donors (Lipinski definition) is 1. The van der Waals surface area contributed by atoms with E-state index in [4.69, 9.17) is 4.74 Å². The number of rotatable bonds is 5. The molecule has 8 heteroatoms. The van der Waals surface area contributed by atoms with Crippen LogP contribution in [0.3, 0.4) is 0 Å². The summed E-state index contributed by atoms with van der Waals surface area (Å²) in [5.74, 6) is -0.761. The second-order valence-electron chi connectivity index (χ2n) is 6.59. The van der Waals surface area contributed by atoms with Gasteiger partial charge in [0.25, 0.3) is 5.56 Å². The lowest BCUT2D eigenvalue weighted by atomic mass is 10.0. The van der Waals surface area contributed by atoms with Gasteiger partial charge in [0.15, 0.2) is 0 Å². The Labute approximate surface area is 161 Å². The number of hydrogen-bond acceptors (Lipinski definition) is 6. The Morgan fingerprint density at radius 1 is 1.37 bits per heavy atom. The van der Waals surface area contributed by atoms with Crippen LogP contribution in [-0.4, -0.2) is 41.5 Å². The number of pyridine rings is 1. The molecule has 27 heavy (non-hydrogen) atoms. The maximum atomic E-state index is 12.5. The van der Waals surface area contributed by atoms with Gasteiger partial charge in [-0.2, -0.15) is 0 Å². The molecule has 2 aromatic rings. The highest BCUT2D eigenvalue weighted by molar-refractivity contribution is 7.17. The molecule has 0 atom stereocenters. The topological polar surface area (TPSA) is 80.6 Å². The number of aryl methyl sites for hydroxylation is 1. The van der Waals surface area contributed by atoms with E-state index in [1.54, 1.807) is 32.2 Å². The Morgan fingerprint density at radius 3 is 2.89 bits per heavy atom. The predicted molar refractivity (Wildman–Crippen MR) is 104 cm³/mol. The highest BCUT2D eigenvalue weighted by atomic mass is 32.1. The number of carbonyl (C=O) groups is 2. The van der Waals surface area contributed by atoms with Crippen molar-refractivity contribution in [1.29, 1.82) is 0 Å². The first-order valence-electron chi connectivity index (χ1n) is 8.86. The van der Waals surface area contributed by atoms with E-state index >= 15 is 0 Å². The van der Waals surface area contributed by atoms with E-state index in [1.165, 1.54) is 15.9 Å². The van der Waals surface area contributed by atoms with Crippen LogP contribution in [0.4, 0.5) is 5.00 Å². The van der Waals surface area contributed by atoms with Crippen molar-refractivity contribution in [2.75, 3.05) is 25.5 Å². The van der Waals surface area contributed by atoms with Gasteiger partial charge in [-0.3, -0.25) is 9.59 Å². The molecule has 0 radical (unpaired) electrons. The highest BCUT2D eigenvalue weighted by Crippen LogP contribution is 2.37. The fourth-order valence-electron chi connectivity index (χ4n) is 3.14. The molecule has 0 spiro atoms. The Hall–Kier alpha value is -2.45. The molecular weight excluding hydrogens is 366 g/mol. The van der Waals surface area contributed by atoms with Crippen LogP contribution in [-0.2, 0) is 29.0 Å².